The normalized spacial score (nSPS) is 11.8. The summed E-state index contributed by atoms with van der Waals surface area (Å²) in [6, 6.07) is 13.1. The maximum atomic E-state index is 12.4. The highest BCUT2D eigenvalue weighted by molar-refractivity contribution is 5.88. The van der Waals surface area contributed by atoms with Crippen LogP contribution in [0.5, 0.6) is 11.5 Å². The van der Waals surface area contributed by atoms with Gasteiger partial charge in [-0.15, -0.1) is 0 Å². The summed E-state index contributed by atoms with van der Waals surface area (Å²) in [6.07, 6.45) is 1.68. The molecule has 2 aromatic carbocycles. The summed E-state index contributed by atoms with van der Waals surface area (Å²) in [6.45, 7) is 0. The van der Waals surface area contributed by atoms with E-state index < -0.39 is 5.92 Å². The molecule has 0 aliphatic heterocycles. The monoisotopic (exact) mass is 298 g/mol. The van der Waals surface area contributed by atoms with Crippen molar-refractivity contribution in [3.05, 3.63) is 59.7 Å². The van der Waals surface area contributed by atoms with Crippen LogP contribution in [-0.2, 0) is 16.0 Å². The Morgan fingerprint density at radius 3 is 2.41 bits per heavy atom. The molecule has 0 heterocycles. The molecule has 2 rings (SSSR count). The quantitative estimate of drug-likeness (QED) is 0.771. The molecule has 0 radical (unpaired) electrons. The number of Topliss-reactive ketones (excluding diaryl/α,β-unsaturated/α-hetero) is 1. The fourth-order valence-corrected chi connectivity index (χ4v) is 2.41. The topological polar surface area (TPSA) is 74.6 Å². The molecule has 0 spiro atoms. The third kappa shape index (κ3) is 4.19. The van der Waals surface area contributed by atoms with Crippen molar-refractivity contribution in [2.45, 2.75) is 25.2 Å². The molecule has 0 aliphatic rings. The van der Waals surface area contributed by atoms with Crippen LogP contribution in [-0.4, -0.2) is 22.3 Å². The van der Waals surface area contributed by atoms with E-state index in [0.29, 0.717) is 12.8 Å². The van der Waals surface area contributed by atoms with Crippen LogP contribution in [0.25, 0.3) is 0 Å². The van der Waals surface area contributed by atoms with Crippen LogP contribution < -0.4 is 0 Å². The first-order chi connectivity index (χ1) is 10.6. The molecule has 0 aromatic heterocycles. The van der Waals surface area contributed by atoms with Crippen molar-refractivity contribution in [2.24, 2.45) is 0 Å². The Balaban J connectivity index is 2.06. The molecule has 4 nitrogen and oxygen atoms in total. The first-order valence-electron chi connectivity index (χ1n) is 7.13. The molecule has 1 atom stereocenters. The predicted octanol–water partition coefficient (Wildman–Crippen LogP) is 2.97. The van der Waals surface area contributed by atoms with Crippen molar-refractivity contribution in [1.82, 2.24) is 0 Å². The van der Waals surface area contributed by atoms with Gasteiger partial charge in [-0.25, -0.2) is 0 Å². The van der Waals surface area contributed by atoms with Gasteiger partial charge in [0.2, 0.25) is 0 Å². The van der Waals surface area contributed by atoms with Gasteiger partial charge in [0.15, 0.2) is 0 Å². The first-order valence-corrected chi connectivity index (χ1v) is 7.13. The maximum absolute atomic E-state index is 12.4. The number of phenols is 2. The summed E-state index contributed by atoms with van der Waals surface area (Å²) < 4.78 is 0. The van der Waals surface area contributed by atoms with Crippen LogP contribution in [0.1, 0.15) is 29.9 Å². The van der Waals surface area contributed by atoms with Crippen molar-refractivity contribution in [1.29, 1.82) is 0 Å². The molecule has 0 aliphatic carbocycles. The average Bonchev–Trinajstić information content (AvgIpc) is 2.51. The number of carbonyl (C=O) groups excluding carboxylic acids is 2. The lowest BCUT2D eigenvalue weighted by molar-refractivity contribution is -0.122. The van der Waals surface area contributed by atoms with Crippen LogP contribution in [0, 0.1) is 0 Å². The van der Waals surface area contributed by atoms with Crippen molar-refractivity contribution >= 4 is 12.1 Å². The SMILES string of the molecule is O=CCC(C(=O)CCc1cccc(O)c1)c1ccc(O)cc1. The largest absolute Gasteiger partial charge is 0.508 e. The van der Waals surface area contributed by atoms with E-state index in [1.807, 2.05) is 6.07 Å². The smallest absolute Gasteiger partial charge is 0.141 e. The molecule has 4 heteroatoms. The van der Waals surface area contributed by atoms with E-state index in [1.54, 1.807) is 30.3 Å². The number of phenolic OH excluding ortho intramolecular Hbond substituents is 2. The molecule has 0 bridgehead atoms. The molecule has 0 saturated carbocycles. The van der Waals surface area contributed by atoms with E-state index in [4.69, 9.17) is 0 Å². The van der Waals surface area contributed by atoms with Crippen molar-refractivity contribution in [3.63, 3.8) is 0 Å². The molecule has 0 fully saturated rings. The van der Waals surface area contributed by atoms with E-state index in [2.05, 4.69) is 0 Å². The summed E-state index contributed by atoms with van der Waals surface area (Å²) in [5.74, 6) is -0.217. The molecular weight excluding hydrogens is 280 g/mol. The Hall–Kier alpha value is -2.62. The fourth-order valence-electron chi connectivity index (χ4n) is 2.41. The van der Waals surface area contributed by atoms with Gasteiger partial charge >= 0.3 is 0 Å². The lowest BCUT2D eigenvalue weighted by Gasteiger charge is -2.14. The number of rotatable bonds is 7. The standard InChI is InChI=1S/C18H18O4/c19-11-10-17(14-5-7-15(20)8-6-14)18(22)9-4-13-2-1-3-16(21)12-13/h1-3,5-8,11-12,17,20-21H,4,9-10H2. The Morgan fingerprint density at radius 1 is 1.05 bits per heavy atom. The summed E-state index contributed by atoms with van der Waals surface area (Å²) in [7, 11) is 0. The minimum Gasteiger partial charge on any atom is -0.508 e. The predicted molar refractivity (Wildman–Crippen MR) is 83.0 cm³/mol. The third-order valence-corrected chi connectivity index (χ3v) is 3.59. The highest BCUT2D eigenvalue weighted by Gasteiger charge is 2.20. The molecule has 2 N–H and O–H groups in total. The minimum absolute atomic E-state index is 0.0267. The molecule has 22 heavy (non-hydrogen) atoms. The number of aldehydes is 1. The first kappa shape index (κ1) is 15.8. The number of hydrogen-bond acceptors (Lipinski definition) is 4. The minimum atomic E-state index is -0.490. The van der Waals surface area contributed by atoms with Crippen LogP contribution in [0.2, 0.25) is 0 Å². The van der Waals surface area contributed by atoms with Gasteiger partial charge < -0.3 is 15.0 Å². The van der Waals surface area contributed by atoms with E-state index in [-0.39, 0.29) is 23.7 Å². The number of hydrogen-bond donors (Lipinski definition) is 2. The summed E-state index contributed by atoms with van der Waals surface area (Å²) >= 11 is 0. The van der Waals surface area contributed by atoms with Gasteiger partial charge in [0, 0.05) is 18.8 Å². The van der Waals surface area contributed by atoms with Crippen molar-refractivity contribution < 1.29 is 19.8 Å². The van der Waals surface area contributed by atoms with Crippen molar-refractivity contribution in [2.75, 3.05) is 0 Å². The van der Waals surface area contributed by atoms with E-state index in [9.17, 15) is 19.8 Å². The second-order valence-corrected chi connectivity index (χ2v) is 5.18. The van der Waals surface area contributed by atoms with Crippen molar-refractivity contribution in [3.8, 4) is 11.5 Å². The highest BCUT2D eigenvalue weighted by Crippen LogP contribution is 2.24. The lowest BCUT2D eigenvalue weighted by atomic mass is 9.89. The number of carbonyl (C=O) groups is 2. The number of aryl methyl sites for hydroxylation is 1. The zero-order valence-corrected chi connectivity index (χ0v) is 12.1. The third-order valence-electron chi connectivity index (χ3n) is 3.59. The number of benzene rings is 2. The molecule has 2 aromatic rings. The number of aromatic hydroxyl groups is 2. The second kappa shape index (κ2) is 7.41. The molecular formula is C18H18O4. The maximum Gasteiger partial charge on any atom is 0.141 e. The Morgan fingerprint density at radius 2 is 1.77 bits per heavy atom. The van der Waals surface area contributed by atoms with Crippen LogP contribution in [0.4, 0.5) is 0 Å². The zero-order chi connectivity index (χ0) is 15.9. The van der Waals surface area contributed by atoms with E-state index >= 15 is 0 Å². The van der Waals surface area contributed by atoms with Crippen LogP contribution >= 0.6 is 0 Å². The van der Waals surface area contributed by atoms with Crippen LogP contribution in [0.3, 0.4) is 0 Å². The summed E-state index contributed by atoms with van der Waals surface area (Å²) in [4.78, 5) is 23.2. The van der Waals surface area contributed by atoms with Gasteiger partial charge in [-0.3, -0.25) is 4.79 Å². The van der Waals surface area contributed by atoms with E-state index in [1.165, 1.54) is 12.1 Å². The Bertz CT molecular complexity index is 646. The summed E-state index contributed by atoms with van der Waals surface area (Å²) in [5, 5.41) is 18.7. The summed E-state index contributed by atoms with van der Waals surface area (Å²) in [5.41, 5.74) is 1.61. The fraction of sp³-hybridized carbons (Fsp3) is 0.222. The molecule has 114 valence electrons. The molecule has 0 saturated heterocycles. The lowest BCUT2D eigenvalue weighted by Crippen LogP contribution is -2.14. The number of ketones is 1. The molecule has 0 amide bonds. The second-order valence-electron chi connectivity index (χ2n) is 5.18. The Labute approximate surface area is 129 Å². The van der Waals surface area contributed by atoms with Crippen LogP contribution in [0.15, 0.2) is 48.5 Å². The Kier molecular flexibility index (Phi) is 5.31. The van der Waals surface area contributed by atoms with Gasteiger partial charge in [0.05, 0.1) is 0 Å². The van der Waals surface area contributed by atoms with Gasteiger partial charge in [0.25, 0.3) is 0 Å². The highest BCUT2D eigenvalue weighted by atomic mass is 16.3. The van der Waals surface area contributed by atoms with Gasteiger partial charge in [-0.05, 0) is 41.8 Å². The zero-order valence-electron chi connectivity index (χ0n) is 12.1. The van der Waals surface area contributed by atoms with Gasteiger partial charge in [0.1, 0.15) is 23.6 Å². The van der Waals surface area contributed by atoms with Gasteiger partial charge in [-0.2, -0.15) is 0 Å². The van der Waals surface area contributed by atoms with Gasteiger partial charge in [-0.1, -0.05) is 24.3 Å². The molecule has 1 unspecified atom stereocenters. The van der Waals surface area contributed by atoms with E-state index in [0.717, 1.165) is 17.4 Å². The average molecular weight is 298 g/mol.